The first-order valence-electron chi connectivity index (χ1n) is 5.48. The van der Waals surface area contributed by atoms with Gasteiger partial charge in [-0.25, -0.2) is 0 Å². The number of benzene rings is 1. The molecular formula is C12H18N4. The molecule has 4 nitrogen and oxygen atoms in total. The van der Waals surface area contributed by atoms with Crippen molar-refractivity contribution in [3.05, 3.63) is 45.8 Å². The average molecular weight is 218 g/mol. The van der Waals surface area contributed by atoms with Crippen molar-refractivity contribution in [3.63, 3.8) is 0 Å². The highest BCUT2D eigenvalue weighted by Crippen LogP contribution is 2.09. The zero-order valence-electron chi connectivity index (χ0n) is 9.93. The zero-order valence-corrected chi connectivity index (χ0v) is 9.93. The summed E-state index contributed by atoms with van der Waals surface area (Å²) in [5.74, 6) is 0. The summed E-state index contributed by atoms with van der Waals surface area (Å²) in [5.41, 5.74) is 10.8. The molecule has 0 atom stereocenters. The minimum Gasteiger partial charge on any atom is -0.302 e. The summed E-state index contributed by atoms with van der Waals surface area (Å²) in [5, 5.41) is 3.52. The standard InChI is InChI=1S/C12H18N4/c1-11-6-3-4-7-12(11)10-16(2)9-5-8-14-15-13/h3-4,6-7H,5,8-10H2,1-2H3. The Morgan fingerprint density at radius 1 is 1.38 bits per heavy atom. The molecule has 4 heteroatoms. The fourth-order valence-corrected chi connectivity index (χ4v) is 1.61. The fraction of sp³-hybridized carbons (Fsp3) is 0.500. The summed E-state index contributed by atoms with van der Waals surface area (Å²) >= 11 is 0. The van der Waals surface area contributed by atoms with Crippen LogP contribution in [0.1, 0.15) is 17.5 Å². The highest BCUT2D eigenvalue weighted by Gasteiger charge is 2.01. The molecule has 0 aliphatic carbocycles. The molecule has 1 rings (SSSR count). The Labute approximate surface area is 96.5 Å². The lowest BCUT2D eigenvalue weighted by atomic mass is 10.1. The maximum atomic E-state index is 8.15. The van der Waals surface area contributed by atoms with E-state index in [1.165, 1.54) is 11.1 Å². The van der Waals surface area contributed by atoms with Gasteiger partial charge in [0.15, 0.2) is 0 Å². The Kier molecular flexibility index (Phi) is 5.40. The van der Waals surface area contributed by atoms with Gasteiger partial charge in [-0.05, 0) is 43.6 Å². The molecule has 0 unspecified atom stereocenters. The van der Waals surface area contributed by atoms with Crippen molar-refractivity contribution in [2.45, 2.75) is 19.9 Å². The molecule has 0 spiro atoms. The van der Waals surface area contributed by atoms with Gasteiger partial charge in [0, 0.05) is 18.0 Å². The number of aryl methyl sites for hydroxylation is 1. The van der Waals surface area contributed by atoms with Gasteiger partial charge in [-0.3, -0.25) is 0 Å². The van der Waals surface area contributed by atoms with Gasteiger partial charge in [0.05, 0.1) is 0 Å². The van der Waals surface area contributed by atoms with Crippen molar-refractivity contribution in [2.24, 2.45) is 5.11 Å². The summed E-state index contributed by atoms with van der Waals surface area (Å²) in [6.45, 7) is 4.61. The van der Waals surface area contributed by atoms with E-state index in [1.54, 1.807) is 0 Å². The molecule has 0 aromatic heterocycles. The molecule has 0 bridgehead atoms. The fourth-order valence-electron chi connectivity index (χ4n) is 1.61. The highest BCUT2D eigenvalue weighted by atomic mass is 15.1. The van der Waals surface area contributed by atoms with E-state index in [-0.39, 0.29) is 0 Å². The molecule has 0 radical (unpaired) electrons. The summed E-state index contributed by atoms with van der Waals surface area (Å²) in [7, 11) is 2.09. The molecule has 0 N–H and O–H groups in total. The molecule has 0 aliphatic rings. The summed E-state index contributed by atoms with van der Waals surface area (Å²) in [4.78, 5) is 4.98. The van der Waals surface area contributed by atoms with Crippen molar-refractivity contribution in [1.29, 1.82) is 0 Å². The smallest absolute Gasteiger partial charge is 0.0270 e. The van der Waals surface area contributed by atoms with Gasteiger partial charge in [-0.15, -0.1) is 0 Å². The van der Waals surface area contributed by atoms with Crippen molar-refractivity contribution in [1.82, 2.24) is 4.90 Å². The molecule has 0 saturated carbocycles. The van der Waals surface area contributed by atoms with E-state index in [0.717, 1.165) is 19.5 Å². The monoisotopic (exact) mass is 218 g/mol. The van der Waals surface area contributed by atoms with E-state index in [1.807, 2.05) is 0 Å². The van der Waals surface area contributed by atoms with Gasteiger partial charge in [0.1, 0.15) is 0 Å². The number of hydrogen-bond acceptors (Lipinski definition) is 2. The normalized spacial score (nSPS) is 10.2. The van der Waals surface area contributed by atoms with Crippen LogP contribution in [0.4, 0.5) is 0 Å². The van der Waals surface area contributed by atoms with E-state index < -0.39 is 0 Å². The Morgan fingerprint density at radius 2 is 2.12 bits per heavy atom. The molecular weight excluding hydrogens is 200 g/mol. The quantitative estimate of drug-likeness (QED) is 0.313. The largest absolute Gasteiger partial charge is 0.302 e. The molecule has 0 aliphatic heterocycles. The number of azide groups is 1. The van der Waals surface area contributed by atoms with Crippen LogP contribution in [0.25, 0.3) is 10.4 Å². The van der Waals surface area contributed by atoms with E-state index in [4.69, 9.17) is 5.53 Å². The molecule has 0 saturated heterocycles. The SMILES string of the molecule is Cc1ccccc1CN(C)CCCN=[N+]=[N-]. The van der Waals surface area contributed by atoms with Crippen LogP contribution in [-0.2, 0) is 6.54 Å². The lowest BCUT2D eigenvalue weighted by Gasteiger charge is -2.17. The Bertz CT molecular complexity index is 369. The van der Waals surface area contributed by atoms with E-state index in [2.05, 4.69) is 53.2 Å². The minimum absolute atomic E-state index is 0.578. The molecule has 1 aromatic rings. The molecule has 86 valence electrons. The number of nitrogens with zero attached hydrogens (tertiary/aromatic N) is 4. The summed E-state index contributed by atoms with van der Waals surface area (Å²) in [6.07, 6.45) is 0.909. The highest BCUT2D eigenvalue weighted by molar-refractivity contribution is 5.25. The van der Waals surface area contributed by atoms with Crippen LogP contribution in [0.15, 0.2) is 29.4 Å². The predicted molar refractivity (Wildman–Crippen MR) is 66.1 cm³/mol. The Balaban J connectivity index is 2.36. The van der Waals surface area contributed by atoms with E-state index in [9.17, 15) is 0 Å². The number of rotatable bonds is 6. The van der Waals surface area contributed by atoms with Crippen LogP contribution in [0.2, 0.25) is 0 Å². The molecule has 16 heavy (non-hydrogen) atoms. The summed E-state index contributed by atoms with van der Waals surface area (Å²) in [6, 6.07) is 8.40. The first-order chi connectivity index (χ1) is 7.74. The Hall–Kier alpha value is -1.51. The van der Waals surface area contributed by atoms with Crippen LogP contribution < -0.4 is 0 Å². The molecule has 1 aromatic carbocycles. The van der Waals surface area contributed by atoms with Crippen LogP contribution in [0, 0.1) is 6.92 Å². The van der Waals surface area contributed by atoms with Gasteiger partial charge in [-0.1, -0.05) is 29.4 Å². The second-order valence-corrected chi connectivity index (χ2v) is 3.97. The van der Waals surface area contributed by atoms with Gasteiger partial charge < -0.3 is 4.90 Å². The third kappa shape index (κ3) is 4.34. The maximum absolute atomic E-state index is 8.15. The molecule has 0 heterocycles. The van der Waals surface area contributed by atoms with Gasteiger partial charge >= 0.3 is 0 Å². The van der Waals surface area contributed by atoms with Crippen molar-refractivity contribution >= 4 is 0 Å². The van der Waals surface area contributed by atoms with Crippen molar-refractivity contribution in [2.75, 3.05) is 20.1 Å². The lowest BCUT2D eigenvalue weighted by Crippen LogP contribution is -2.20. The lowest BCUT2D eigenvalue weighted by molar-refractivity contribution is 0.323. The van der Waals surface area contributed by atoms with E-state index >= 15 is 0 Å². The van der Waals surface area contributed by atoms with Crippen LogP contribution in [0.5, 0.6) is 0 Å². The van der Waals surface area contributed by atoms with Crippen LogP contribution in [-0.4, -0.2) is 25.0 Å². The van der Waals surface area contributed by atoms with Crippen molar-refractivity contribution < 1.29 is 0 Å². The first-order valence-corrected chi connectivity index (χ1v) is 5.48. The first kappa shape index (κ1) is 12.6. The topological polar surface area (TPSA) is 52.0 Å². The molecule has 0 fully saturated rings. The van der Waals surface area contributed by atoms with Crippen LogP contribution >= 0.6 is 0 Å². The van der Waals surface area contributed by atoms with Gasteiger partial charge in [0.25, 0.3) is 0 Å². The minimum atomic E-state index is 0.578. The summed E-state index contributed by atoms with van der Waals surface area (Å²) < 4.78 is 0. The second-order valence-electron chi connectivity index (χ2n) is 3.97. The van der Waals surface area contributed by atoms with Gasteiger partial charge in [-0.2, -0.15) is 0 Å². The van der Waals surface area contributed by atoms with Crippen molar-refractivity contribution in [3.8, 4) is 0 Å². The average Bonchev–Trinajstić information content (AvgIpc) is 2.28. The third-order valence-corrected chi connectivity index (χ3v) is 2.56. The van der Waals surface area contributed by atoms with Gasteiger partial charge in [0.2, 0.25) is 0 Å². The predicted octanol–water partition coefficient (Wildman–Crippen LogP) is 3.13. The third-order valence-electron chi connectivity index (χ3n) is 2.56. The second kappa shape index (κ2) is 6.88. The number of hydrogen-bond donors (Lipinski definition) is 0. The van der Waals surface area contributed by atoms with Crippen LogP contribution in [0.3, 0.4) is 0 Å². The maximum Gasteiger partial charge on any atom is 0.0270 e. The van der Waals surface area contributed by atoms with E-state index in [0.29, 0.717) is 6.54 Å². The zero-order chi connectivity index (χ0) is 11.8. The molecule has 0 amide bonds. The Morgan fingerprint density at radius 3 is 2.81 bits per heavy atom.